The number of non-ortho nitro benzene ring substituents is 1. The highest BCUT2D eigenvalue weighted by Crippen LogP contribution is 2.39. The van der Waals surface area contributed by atoms with Crippen molar-refractivity contribution in [2.45, 2.75) is 26.5 Å². The number of rotatable bonds is 5. The highest BCUT2D eigenvalue weighted by molar-refractivity contribution is 6.00. The molecule has 1 unspecified atom stereocenters. The zero-order valence-electron chi connectivity index (χ0n) is 14.0. The summed E-state index contributed by atoms with van der Waals surface area (Å²) in [4.78, 5) is 35.6. The van der Waals surface area contributed by atoms with Crippen molar-refractivity contribution in [2.75, 3.05) is 4.90 Å². The molecule has 0 aliphatic carbocycles. The Morgan fingerprint density at radius 3 is 2.65 bits per heavy atom. The molecule has 0 saturated carbocycles. The van der Waals surface area contributed by atoms with Crippen LogP contribution in [0, 0.1) is 16.0 Å². The zero-order chi connectivity index (χ0) is 19.0. The number of carbonyl (C=O) groups excluding carboxylic acids is 1. The van der Waals surface area contributed by atoms with Gasteiger partial charge in [0.15, 0.2) is 6.10 Å². The third kappa shape index (κ3) is 3.10. The van der Waals surface area contributed by atoms with Gasteiger partial charge in [-0.15, -0.1) is 0 Å². The van der Waals surface area contributed by atoms with E-state index in [1.54, 1.807) is 0 Å². The van der Waals surface area contributed by atoms with E-state index >= 15 is 0 Å². The lowest BCUT2D eigenvalue weighted by Crippen LogP contribution is -2.47. The summed E-state index contributed by atoms with van der Waals surface area (Å²) < 4.78 is 10.9. The van der Waals surface area contributed by atoms with Gasteiger partial charge in [0.05, 0.1) is 17.2 Å². The van der Waals surface area contributed by atoms with Crippen LogP contribution < -0.4 is 9.64 Å². The highest BCUT2D eigenvalue weighted by atomic mass is 16.6. The van der Waals surface area contributed by atoms with E-state index in [-0.39, 0.29) is 41.3 Å². The molecule has 0 bridgehead atoms. The Kier molecular flexibility index (Phi) is 4.37. The summed E-state index contributed by atoms with van der Waals surface area (Å²) in [6.45, 7) is 3.59. The number of aromatic carboxylic acids is 1. The third-order valence-electron chi connectivity index (χ3n) is 4.00. The van der Waals surface area contributed by atoms with E-state index in [9.17, 15) is 19.7 Å². The minimum absolute atomic E-state index is 0.0626. The first-order valence-corrected chi connectivity index (χ1v) is 7.86. The summed E-state index contributed by atoms with van der Waals surface area (Å²) in [5.74, 6) is -1.38. The Labute approximate surface area is 147 Å². The van der Waals surface area contributed by atoms with Gasteiger partial charge in [-0.25, -0.2) is 4.79 Å². The molecule has 0 radical (unpaired) electrons. The molecule has 1 aromatic carbocycles. The first-order valence-electron chi connectivity index (χ1n) is 7.86. The second kappa shape index (κ2) is 6.51. The molecule has 0 fully saturated rings. The molecule has 0 saturated heterocycles. The molecular weight excluding hydrogens is 344 g/mol. The largest absolute Gasteiger partial charge is 0.478 e. The Balaban J connectivity index is 2.02. The monoisotopic (exact) mass is 360 g/mol. The van der Waals surface area contributed by atoms with Gasteiger partial charge in [-0.2, -0.15) is 0 Å². The zero-order valence-corrected chi connectivity index (χ0v) is 14.0. The number of furan rings is 1. The molecule has 1 N–H and O–H groups in total. The molecular formula is C17H16N2O7. The fourth-order valence-electron chi connectivity index (χ4n) is 2.71. The van der Waals surface area contributed by atoms with Crippen LogP contribution in [-0.4, -0.2) is 28.0 Å². The van der Waals surface area contributed by atoms with Crippen molar-refractivity contribution in [3.8, 4) is 5.75 Å². The number of anilines is 1. The number of nitro benzene ring substituents is 1. The fourth-order valence-corrected chi connectivity index (χ4v) is 2.71. The van der Waals surface area contributed by atoms with Crippen molar-refractivity contribution >= 4 is 23.3 Å². The van der Waals surface area contributed by atoms with Crippen LogP contribution in [0.2, 0.25) is 0 Å². The number of carboxylic acids is 1. The van der Waals surface area contributed by atoms with E-state index in [1.807, 2.05) is 13.8 Å². The number of fused-ring (bicyclic) bond motifs is 1. The van der Waals surface area contributed by atoms with Crippen LogP contribution >= 0.6 is 0 Å². The molecule has 1 aliphatic heterocycles. The molecule has 9 heteroatoms. The summed E-state index contributed by atoms with van der Waals surface area (Å²) >= 11 is 0. The first-order chi connectivity index (χ1) is 12.3. The summed E-state index contributed by atoms with van der Waals surface area (Å²) in [6.07, 6.45) is -0.752. The second-order valence-corrected chi connectivity index (χ2v) is 6.19. The topological polar surface area (TPSA) is 123 Å². The number of carbonyl (C=O) groups is 2. The van der Waals surface area contributed by atoms with Gasteiger partial charge in [0.2, 0.25) is 5.76 Å². The lowest BCUT2D eigenvalue weighted by Gasteiger charge is -2.35. The van der Waals surface area contributed by atoms with Crippen LogP contribution in [0.15, 0.2) is 34.7 Å². The summed E-state index contributed by atoms with van der Waals surface area (Å²) in [5.41, 5.74) is 0.0631. The first kappa shape index (κ1) is 17.5. The van der Waals surface area contributed by atoms with Gasteiger partial charge in [0.25, 0.3) is 11.6 Å². The van der Waals surface area contributed by atoms with Crippen LogP contribution in [0.4, 0.5) is 11.4 Å². The number of amides is 1. The van der Waals surface area contributed by atoms with Gasteiger partial charge in [-0.05, 0) is 24.1 Å². The van der Waals surface area contributed by atoms with E-state index in [1.165, 1.54) is 35.2 Å². The Bertz CT molecular complexity index is 887. The second-order valence-electron chi connectivity index (χ2n) is 6.19. The van der Waals surface area contributed by atoms with E-state index < -0.39 is 17.0 Å². The molecule has 136 valence electrons. The van der Waals surface area contributed by atoms with Crippen LogP contribution in [0.3, 0.4) is 0 Å². The van der Waals surface area contributed by atoms with Crippen molar-refractivity contribution in [3.05, 3.63) is 52.0 Å². The van der Waals surface area contributed by atoms with Crippen LogP contribution in [0.25, 0.3) is 0 Å². The molecule has 1 atom stereocenters. The minimum Gasteiger partial charge on any atom is -0.478 e. The van der Waals surface area contributed by atoms with Gasteiger partial charge < -0.3 is 14.3 Å². The molecule has 2 heterocycles. The van der Waals surface area contributed by atoms with Crippen molar-refractivity contribution in [3.63, 3.8) is 0 Å². The summed E-state index contributed by atoms with van der Waals surface area (Å²) in [7, 11) is 0. The summed E-state index contributed by atoms with van der Waals surface area (Å²) in [6, 6.07) is 6.75. The molecule has 1 aliphatic rings. The maximum absolute atomic E-state index is 12.8. The third-order valence-corrected chi connectivity index (χ3v) is 4.00. The van der Waals surface area contributed by atoms with E-state index in [0.29, 0.717) is 5.75 Å². The highest BCUT2D eigenvalue weighted by Gasteiger charge is 2.37. The predicted molar refractivity (Wildman–Crippen MR) is 89.2 cm³/mol. The number of ether oxygens (including phenoxy) is 1. The number of hydrogen-bond donors (Lipinski definition) is 1. The summed E-state index contributed by atoms with van der Waals surface area (Å²) in [5, 5.41) is 20.0. The number of hydrogen-bond acceptors (Lipinski definition) is 6. The van der Waals surface area contributed by atoms with Crippen LogP contribution in [-0.2, 0) is 11.3 Å². The van der Waals surface area contributed by atoms with Crippen molar-refractivity contribution in [1.82, 2.24) is 0 Å². The lowest BCUT2D eigenvalue weighted by molar-refractivity contribution is -0.384. The van der Waals surface area contributed by atoms with Gasteiger partial charge in [0, 0.05) is 12.1 Å². The molecule has 9 nitrogen and oxygen atoms in total. The standard InChI is InChI=1S/C17H16N2O7/c1-9(2)15-16(20)18(8-11-4-6-14(25-11)17(21)22)12-7-10(19(23)24)3-5-13(12)26-15/h3-7,9,15H,8H2,1-2H3,(H,21,22). The Morgan fingerprint density at radius 1 is 1.35 bits per heavy atom. The quantitative estimate of drug-likeness (QED) is 0.642. The average Bonchev–Trinajstić information content (AvgIpc) is 3.05. The van der Waals surface area contributed by atoms with E-state index in [4.69, 9.17) is 14.3 Å². The van der Waals surface area contributed by atoms with Crippen LogP contribution in [0.1, 0.15) is 30.2 Å². The Hall–Kier alpha value is -3.36. The number of benzene rings is 1. The van der Waals surface area contributed by atoms with Crippen molar-refractivity contribution < 1.29 is 28.8 Å². The molecule has 3 rings (SSSR count). The molecule has 2 aromatic rings. The van der Waals surface area contributed by atoms with Gasteiger partial charge in [-0.1, -0.05) is 13.8 Å². The number of nitro groups is 1. The van der Waals surface area contributed by atoms with Gasteiger partial charge in [-0.3, -0.25) is 19.8 Å². The maximum atomic E-state index is 12.8. The smallest absolute Gasteiger partial charge is 0.371 e. The normalized spacial score (nSPS) is 16.3. The molecule has 1 aromatic heterocycles. The SMILES string of the molecule is CC(C)C1Oc2ccc([N+](=O)[O-])cc2N(Cc2ccc(C(=O)O)o2)C1=O. The molecule has 0 spiro atoms. The predicted octanol–water partition coefficient (Wildman–Crippen LogP) is 2.84. The van der Waals surface area contributed by atoms with E-state index in [0.717, 1.165) is 0 Å². The van der Waals surface area contributed by atoms with Gasteiger partial charge >= 0.3 is 5.97 Å². The van der Waals surface area contributed by atoms with Gasteiger partial charge in [0.1, 0.15) is 11.5 Å². The maximum Gasteiger partial charge on any atom is 0.371 e. The van der Waals surface area contributed by atoms with Crippen LogP contribution in [0.5, 0.6) is 5.75 Å². The fraction of sp³-hybridized carbons (Fsp3) is 0.294. The van der Waals surface area contributed by atoms with Crippen molar-refractivity contribution in [1.29, 1.82) is 0 Å². The molecule has 26 heavy (non-hydrogen) atoms. The number of carboxylic acid groups (broad SMARTS) is 1. The van der Waals surface area contributed by atoms with E-state index in [2.05, 4.69) is 0 Å². The van der Waals surface area contributed by atoms with Crippen molar-refractivity contribution in [2.24, 2.45) is 5.92 Å². The minimum atomic E-state index is -1.22. The lowest BCUT2D eigenvalue weighted by atomic mass is 10.0. The number of nitrogens with zero attached hydrogens (tertiary/aromatic N) is 2. The Morgan fingerprint density at radius 2 is 2.08 bits per heavy atom. The molecule has 1 amide bonds. The average molecular weight is 360 g/mol.